The molecule has 5 unspecified atom stereocenters. The Bertz CT molecular complexity index is 909. The summed E-state index contributed by atoms with van der Waals surface area (Å²) >= 11 is 0. The van der Waals surface area contributed by atoms with Crippen molar-refractivity contribution in [2.45, 2.75) is 75.7 Å². The lowest BCUT2D eigenvalue weighted by molar-refractivity contribution is -0.149. The molecule has 12 nitrogen and oxygen atoms in total. The summed E-state index contributed by atoms with van der Waals surface area (Å²) in [5, 5.41) is 33.9. The molecule has 9 N–H and O–H groups in total. The Morgan fingerprint density at radius 3 is 2.31 bits per heavy atom. The minimum Gasteiger partial charge on any atom is -0.508 e. The summed E-state index contributed by atoms with van der Waals surface area (Å²) in [6, 6.07) is 1.71. The minimum atomic E-state index is -1.25. The van der Waals surface area contributed by atoms with Crippen LogP contribution in [0.1, 0.15) is 44.6 Å². The molecule has 3 amide bonds. The SMILES string of the molecule is CC(O)C(N)C(=O)NC(CCCCN)C(=O)NC(Cc1ccc(O)cc1)C(=O)N1CCCC1C(=O)O. The predicted molar refractivity (Wildman–Crippen MR) is 131 cm³/mol. The molecule has 5 atom stereocenters. The number of phenols is 1. The van der Waals surface area contributed by atoms with E-state index in [1.54, 1.807) is 12.1 Å². The van der Waals surface area contributed by atoms with E-state index < -0.39 is 54.0 Å². The van der Waals surface area contributed by atoms with Crippen molar-refractivity contribution in [3.8, 4) is 5.75 Å². The van der Waals surface area contributed by atoms with E-state index in [2.05, 4.69) is 10.6 Å². The number of nitrogens with one attached hydrogen (secondary N) is 2. The van der Waals surface area contributed by atoms with Crippen LogP contribution in [0.5, 0.6) is 5.75 Å². The molecule has 1 aromatic carbocycles. The van der Waals surface area contributed by atoms with Gasteiger partial charge < -0.3 is 42.3 Å². The standard InChI is InChI=1S/C24H37N5O7/c1-14(30)20(26)22(33)27-17(5-2-3-11-25)21(32)28-18(13-15-7-9-16(31)10-8-15)23(34)29-12-4-6-19(29)24(35)36/h7-10,14,17-20,30-31H,2-6,11-13,25-26H2,1H3,(H,27,33)(H,28,32)(H,35,36). The molecule has 0 bridgehead atoms. The molecule has 0 aromatic heterocycles. The number of amides is 3. The maximum absolute atomic E-state index is 13.4. The average Bonchev–Trinajstić information content (AvgIpc) is 3.33. The number of aliphatic hydroxyl groups excluding tert-OH is 1. The highest BCUT2D eigenvalue weighted by Gasteiger charge is 2.38. The second kappa shape index (κ2) is 13.8. The van der Waals surface area contributed by atoms with Crippen molar-refractivity contribution >= 4 is 23.7 Å². The van der Waals surface area contributed by atoms with Gasteiger partial charge in [-0.2, -0.15) is 0 Å². The number of carbonyl (C=O) groups excluding carboxylic acids is 3. The zero-order valence-electron chi connectivity index (χ0n) is 20.4. The van der Waals surface area contributed by atoms with E-state index in [0.29, 0.717) is 37.8 Å². The lowest BCUT2D eigenvalue weighted by atomic mass is 10.0. The van der Waals surface area contributed by atoms with Crippen LogP contribution >= 0.6 is 0 Å². The number of phenolic OH excluding ortho intramolecular Hbond substituents is 1. The highest BCUT2D eigenvalue weighted by molar-refractivity contribution is 5.94. The number of carboxylic acids is 1. The maximum atomic E-state index is 13.4. The highest BCUT2D eigenvalue weighted by Crippen LogP contribution is 2.20. The molecule has 0 radical (unpaired) electrons. The van der Waals surface area contributed by atoms with Gasteiger partial charge in [-0.25, -0.2) is 4.79 Å². The molecule has 200 valence electrons. The molecule has 1 aliphatic rings. The number of nitrogens with two attached hydrogens (primary N) is 2. The van der Waals surface area contributed by atoms with Gasteiger partial charge in [-0.05, 0) is 63.3 Å². The second-order valence-electron chi connectivity index (χ2n) is 9.07. The first kappa shape index (κ1) is 29.0. The fraction of sp³-hybridized carbons (Fsp3) is 0.583. The Kier molecular flexibility index (Phi) is 11.1. The van der Waals surface area contributed by atoms with Crippen LogP contribution in [0.2, 0.25) is 0 Å². The molecule has 0 saturated carbocycles. The fourth-order valence-corrected chi connectivity index (χ4v) is 4.08. The Hall–Kier alpha value is -3.22. The van der Waals surface area contributed by atoms with Crippen LogP contribution in [0, 0.1) is 0 Å². The van der Waals surface area contributed by atoms with Crippen LogP contribution in [-0.4, -0.2) is 87.3 Å². The molecule has 1 saturated heterocycles. The zero-order valence-corrected chi connectivity index (χ0v) is 20.4. The smallest absolute Gasteiger partial charge is 0.326 e. The van der Waals surface area contributed by atoms with Gasteiger partial charge in [0.1, 0.15) is 29.9 Å². The molecule has 1 fully saturated rings. The lowest BCUT2D eigenvalue weighted by Gasteiger charge is -2.29. The number of likely N-dealkylation sites (tertiary alicyclic amines) is 1. The van der Waals surface area contributed by atoms with Crippen LogP contribution in [0.15, 0.2) is 24.3 Å². The third kappa shape index (κ3) is 8.18. The molecule has 1 aliphatic heterocycles. The summed E-state index contributed by atoms with van der Waals surface area (Å²) < 4.78 is 0. The van der Waals surface area contributed by atoms with Crippen molar-refractivity contribution in [3.63, 3.8) is 0 Å². The van der Waals surface area contributed by atoms with Gasteiger partial charge in [0.2, 0.25) is 17.7 Å². The highest BCUT2D eigenvalue weighted by atomic mass is 16.4. The Labute approximate surface area is 210 Å². The Morgan fingerprint density at radius 2 is 1.72 bits per heavy atom. The zero-order chi connectivity index (χ0) is 26.8. The number of nitrogens with zero attached hydrogens (tertiary/aromatic N) is 1. The van der Waals surface area contributed by atoms with Crippen molar-refractivity contribution in [2.75, 3.05) is 13.1 Å². The monoisotopic (exact) mass is 507 g/mol. The number of carboxylic acid groups (broad SMARTS) is 1. The minimum absolute atomic E-state index is 0.0354. The van der Waals surface area contributed by atoms with E-state index in [1.807, 2.05) is 0 Å². The number of rotatable bonds is 13. The number of benzene rings is 1. The average molecular weight is 508 g/mol. The lowest BCUT2D eigenvalue weighted by Crippen LogP contribution is -2.58. The first-order valence-corrected chi connectivity index (χ1v) is 12.1. The molecular formula is C24H37N5O7. The molecule has 36 heavy (non-hydrogen) atoms. The van der Waals surface area contributed by atoms with E-state index in [9.17, 15) is 34.5 Å². The van der Waals surface area contributed by atoms with E-state index in [4.69, 9.17) is 11.5 Å². The Balaban J connectivity index is 2.26. The maximum Gasteiger partial charge on any atom is 0.326 e. The van der Waals surface area contributed by atoms with Gasteiger partial charge in [-0.15, -0.1) is 0 Å². The summed E-state index contributed by atoms with van der Waals surface area (Å²) in [5.41, 5.74) is 11.9. The molecule has 0 spiro atoms. The van der Waals surface area contributed by atoms with Crippen LogP contribution in [0.25, 0.3) is 0 Å². The summed E-state index contributed by atoms with van der Waals surface area (Å²) in [6.07, 6.45) is 1.10. The van der Waals surface area contributed by atoms with Crippen molar-refractivity contribution in [1.29, 1.82) is 0 Å². The first-order valence-electron chi connectivity index (χ1n) is 12.1. The third-order valence-electron chi connectivity index (χ3n) is 6.21. The Morgan fingerprint density at radius 1 is 1.08 bits per heavy atom. The molecule has 2 rings (SSSR count). The number of aliphatic hydroxyl groups is 1. The van der Waals surface area contributed by atoms with Crippen LogP contribution in [0.4, 0.5) is 0 Å². The van der Waals surface area contributed by atoms with Crippen molar-refractivity contribution in [2.24, 2.45) is 11.5 Å². The number of hydrogen-bond donors (Lipinski definition) is 7. The molecule has 0 aliphatic carbocycles. The van der Waals surface area contributed by atoms with E-state index in [1.165, 1.54) is 24.0 Å². The van der Waals surface area contributed by atoms with Gasteiger partial charge in [0.15, 0.2) is 0 Å². The number of unbranched alkanes of at least 4 members (excludes halogenated alkanes) is 1. The predicted octanol–water partition coefficient (Wildman–Crippen LogP) is -1.18. The number of hydrogen-bond acceptors (Lipinski definition) is 8. The van der Waals surface area contributed by atoms with Crippen molar-refractivity contribution < 1.29 is 34.5 Å². The van der Waals surface area contributed by atoms with Gasteiger partial charge in [-0.1, -0.05) is 12.1 Å². The summed E-state index contributed by atoms with van der Waals surface area (Å²) in [7, 11) is 0. The van der Waals surface area contributed by atoms with Crippen LogP contribution < -0.4 is 22.1 Å². The summed E-state index contributed by atoms with van der Waals surface area (Å²) in [6.45, 7) is 2.00. The van der Waals surface area contributed by atoms with Crippen molar-refractivity contribution in [1.82, 2.24) is 15.5 Å². The van der Waals surface area contributed by atoms with Gasteiger partial charge in [0, 0.05) is 13.0 Å². The largest absolute Gasteiger partial charge is 0.508 e. The third-order valence-corrected chi connectivity index (χ3v) is 6.21. The molecule has 1 aromatic rings. The fourth-order valence-electron chi connectivity index (χ4n) is 4.08. The number of aromatic hydroxyl groups is 1. The molecular weight excluding hydrogens is 470 g/mol. The van der Waals surface area contributed by atoms with Crippen LogP contribution in [-0.2, 0) is 25.6 Å². The second-order valence-corrected chi connectivity index (χ2v) is 9.07. The number of carbonyl (C=O) groups is 4. The normalized spacial score (nSPS) is 18.7. The van der Waals surface area contributed by atoms with Crippen molar-refractivity contribution in [3.05, 3.63) is 29.8 Å². The molecule has 1 heterocycles. The summed E-state index contributed by atoms with van der Waals surface area (Å²) in [4.78, 5) is 52.0. The van der Waals surface area contributed by atoms with Gasteiger partial charge in [0.05, 0.1) is 6.10 Å². The van der Waals surface area contributed by atoms with E-state index in [-0.39, 0.29) is 25.1 Å². The first-order chi connectivity index (χ1) is 17.0. The topological polar surface area (TPSA) is 208 Å². The molecule has 12 heteroatoms. The van der Waals surface area contributed by atoms with Gasteiger partial charge in [-0.3, -0.25) is 14.4 Å². The summed E-state index contributed by atoms with van der Waals surface area (Å²) in [5.74, 6) is -2.98. The van der Waals surface area contributed by atoms with E-state index >= 15 is 0 Å². The van der Waals surface area contributed by atoms with E-state index in [0.717, 1.165) is 0 Å². The quantitative estimate of drug-likeness (QED) is 0.160. The van der Waals surface area contributed by atoms with Gasteiger partial charge in [0.25, 0.3) is 0 Å². The number of aliphatic carboxylic acids is 1. The van der Waals surface area contributed by atoms with Gasteiger partial charge >= 0.3 is 5.97 Å². The van der Waals surface area contributed by atoms with Crippen LogP contribution in [0.3, 0.4) is 0 Å².